The monoisotopic (exact) mass is 457 g/mol. The zero-order chi connectivity index (χ0) is 23.5. The predicted octanol–water partition coefficient (Wildman–Crippen LogP) is 1.23. The highest BCUT2D eigenvalue weighted by atomic mass is 19.4. The Kier molecular flexibility index (Phi) is 6.86. The van der Waals surface area contributed by atoms with Crippen molar-refractivity contribution in [2.24, 2.45) is 12.5 Å². The van der Waals surface area contributed by atoms with Crippen molar-refractivity contribution in [2.45, 2.75) is 44.9 Å². The van der Waals surface area contributed by atoms with Gasteiger partial charge < -0.3 is 15.0 Å². The second-order valence-corrected chi connectivity index (χ2v) is 8.21. The molecular formula is C19H26F3N7O3. The highest BCUT2D eigenvalue weighted by Gasteiger charge is 2.40. The first kappa shape index (κ1) is 23.7. The number of aliphatic carboxylic acids is 1. The number of carboxylic acid groups (broad SMARTS) is 1. The van der Waals surface area contributed by atoms with Crippen molar-refractivity contribution in [1.29, 1.82) is 0 Å². The Morgan fingerprint density at radius 1 is 1.22 bits per heavy atom. The van der Waals surface area contributed by atoms with Crippen molar-refractivity contribution in [3.8, 4) is 0 Å². The van der Waals surface area contributed by atoms with E-state index in [1.807, 2.05) is 22.5 Å². The minimum absolute atomic E-state index is 0.148. The van der Waals surface area contributed by atoms with Crippen molar-refractivity contribution >= 4 is 11.9 Å². The van der Waals surface area contributed by atoms with Gasteiger partial charge in [0, 0.05) is 45.4 Å². The zero-order valence-corrected chi connectivity index (χ0v) is 17.9. The molecule has 1 spiro atoms. The normalized spacial score (nSPS) is 17.9. The lowest BCUT2D eigenvalue weighted by molar-refractivity contribution is -0.192. The lowest BCUT2D eigenvalue weighted by Gasteiger charge is -2.44. The number of carbonyl (C=O) groups excluding carboxylic acids is 1. The van der Waals surface area contributed by atoms with Crippen LogP contribution >= 0.6 is 0 Å². The lowest BCUT2D eigenvalue weighted by atomic mass is 9.73. The summed E-state index contributed by atoms with van der Waals surface area (Å²) in [6.45, 7) is 3.99. The fourth-order valence-corrected chi connectivity index (χ4v) is 4.16. The molecule has 0 aromatic carbocycles. The fourth-order valence-electron chi connectivity index (χ4n) is 4.16. The number of piperidine rings is 1. The number of rotatable bonds is 3. The van der Waals surface area contributed by atoms with Gasteiger partial charge in [-0.25, -0.2) is 4.79 Å². The SMILES string of the molecule is CNC(=O)c1nnc2n1CC1(CC2)CCN(Cc2cnn(C)c2)CC1.O=C(O)C(F)(F)F. The van der Waals surface area contributed by atoms with Gasteiger partial charge in [0.15, 0.2) is 0 Å². The van der Waals surface area contributed by atoms with Gasteiger partial charge in [-0.1, -0.05) is 0 Å². The Morgan fingerprint density at radius 3 is 2.41 bits per heavy atom. The molecule has 1 fully saturated rings. The molecule has 1 saturated heterocycles. The molecule has 0 atom stereocenters. The van der Waals surface area contributed by atoms with E-state index in [0.29, 0.717) is 5.82 Å². The van der Waals surface area contributed by atoms with Gasteiger partial charge >= 0.3 is 12.1 Å². The number of carbonyl (C=O) groups is 2. The van der Waals surface area contributed by atoms with Gasteiger partial charge in [0.1, 0.15) is 5.82 Å². The third-order valence-corrected chi connectivity index (χ3v) is 5.95. The Labute approximate surface area is 182 Å². The van der Waals surface area contributed by atoms with E-state index in [4.69, 9.17) is 9.90 Å². The summed E-state index contributed by atoms with van der Waals surface area (Å²) in [7, 11) is 3.59. The lowest BCUT2D eigenvalue weighted by Crippen LogP contribution is -2.44. The van der Waals surface area contributed by atoms with Crippen LogP contribution in [0.4, 0.5) is 13.2 Å². The topological polar surface area (TPSA) is 118 Å². The fraction of sp³-hybridized carbons (Fsp3) is 0.632. The van der Waals surface area contributed by atoms with Crippen LogP contribution in [-0.4, -0.2) is 72.7 Å². The van der Waals surface area contributed by atoms with E-state index in [1.165, 1.54) is 5.56 Å². The van der Waals surface area contributed by atoms with E-state index < -0.39 is 12.1 Å². The maximum Gasteiger partial charge on any atom is 0.490 e. The number of likely N-dealkylation sites (tertiary alicyclic amines) is 1. The molecule has 0 radical (unpaired) electrons. The van der Waals surface area contributed by atoms with Crippen LogP contribution in [0, 0.1) is 5.41 Å². The quantitative estimate of drug-likeness (QED) is 0.712. The first-order chi connectivity index (χ1) is 15.0. The number of hydrogen-bond acceptors (Lipinski definition) is 6. The highest BCUT2D eigenvalue weighted by molar-refractivity contribution is 5.90. The number of hydrogen-bond donors (Lipinski definition) is 2. The Hall–Kier alpha value is -2.96. The van der Waals surface area contributed by atoms with Crippen LogP contribution in [0.5, 0.6) is 0 Å². The number of aryl methyl sites for hydroxylation is 2. The summed E-state index contributed by atoms with van der Waals surface area (Å²) in [4.78, 5) is 23.4. The molecule has 0 unspecified atom stereocenters. The number of carboxylic acids is 1. The van der Waals surface area contributed by atoms with E-state index in [1.54, 1.807) is 7.05 Å². The molecule has 10 nitrogen and oxygen atoms in total. The molecule has 4 heterocycles. The molecule has 0 aliphatic carbocycles. The molecular weight excluding hydrogens is 431 g/mol. The first-order valence-corrected chi connectivity index (χ1v) is 10.2. The summed E-state index contributed by atoms with van der Waals surface area (Å²) in [5.74, 6) is -1.51. The summed E-state index contributed by atoms with van der Waals surface area (Å²) >= 11 is 0. The van der Waals surface area contributed by atoms with E-state index in [-0.39, 0.29) is 11.3 Å². The zero-order valence-electron chi connectivity index (χ0n) is 17.9. The number of amides is 1. The minimum atomic E-state index is -5.08. The van der Waals surface area contributed by atoms with Crippen LogP contribution in [0.3, 0.4) is 0 Å². The van der Waals surface area contributed by atoms with Crippen LogP contribution in [-0.2, 0) is 31.4 Å². The smallest absolute Gasteiger partial charge is 0.475 e. The molecule has 2 aromatic rings. The van der Waals surface area contributed by atoms with Gasteiger partial charge in [0.2, 0.25) is 5.82 Å². The molecule has 4 rings (SSSR count). The Morgan fingerprint density at radius 2 is 1.88 bits per heavy atom. The Balaban J connectivity index is 0.000000360. The van der Waals surface area contributed by atoms with Crippen molar-refractivity contribution in [3.05, 3.63) is 29.6 Å². The molecule has 0 bridgehead atoms. The molecule has 1 amide bonds. The van der Waals surface area contributed by atoms with Gasteiger partial charge in [0.05, 0.1) is 6.20 Å². The second kappa shape index (κ2) is 9.27. The largest absolute Gasteiger partial charge is 0.490 e. The van der Waals surface area contributed by atoms with Crippen LogP contribution in [0.2, 0.25) is 0 Å². The third kappa shape index (κ3) is 5.44. The van der Waals surface area contributed by atoms with Crippen LogP contribution in [0.15, 0.2) is 12.4 Å². The van der Waals surface area contributed by atoms with Crippen molar-refractivity contribution in [3.63, 3.8) is 0 Å². The van der Waals surface area contributed by atoms with Crippen molar-refractivity contribution in [1.82, 2.24) is 34.8 Å². The number of halogens is 3. The molecule has 176 valence electrons. The average Bonchev–Trinajstić information content (AvgIpc) is 3.34. The summed E-state index contributed by atoms with van der Waals surface area (Å²) < 4.78 is 35.6. The van der Waals surface area contributed by atoms with Crippen LogP contribution in [0.25, 0.3) is 0 Å². The summed E-state index contributed by atoms with van der Waals surface area (Å²) in [5.41, 5.74) is 1.54. The van der Waals surface area contributed by atoms with E-state index in [0.717, 1.165) is 57.7 Å². The van der Waals surface area contributed by atoms with Gasteiger partial charge in [-0.2, -0.15) is 18.3 Å². The van der Waals surface area contributed by atoms with E-state index >= 15 is 0 Å². The molecule has 2 aliphatic heterocycles. The standard InChI is InChI=1S/C17H25N7O.C2HF3O2/c1-18-16(25)15-21-20-14-3-4-17(12-24(14)15)5-7-23(8-6-17)11-13-9-19-22(2)10-13;3-2(4,5)1(6)7/h9-10H,3-8,11-12H2,1-2H3,(H,18,25);(H,6,7). The number of nitrogens with one attached hydrogen (secondary N) is 1. The number of nitrogens with zero attached hydrogens (tertiary/aromatic N) is 6. The number of fused-ring (bicyclic) bond motifs is 1. The van der Waals surface area contributed by atoms with Gasteiger partial charge in [0.25, 0.3) is 5.91 Å². The molecule has 13 heteroatoms. The van der Waals surface area contributed by atoms with Gasteiger partial charge in [-0.05, 0) is 37.8 Å². The highest BCUT2D eigenvalue weighted by Crippen LogP contribution is 2.41. The molecule has 0 saturated carbocycles. The van der Waals surface area contributed by atoms with E-state index in [2.05, 4.69) is 31.7 Å². The van der Waals surface area contributed by atoms with Crippen molar-refractivity contribution < 1.29 is 27.9 Å². The Bertz CT molecular complexity index is 962. The van der Waals surface area contributed by atoms with Gasteiger partial charge in [-0.15, -0.1) is 10.2 Å². The number of alkyl halides is 3. The predicted molar refractivity (Wildman–Crippen MR) is 106 cm³/mol. The molecule has 2 aliphatic rings. The average molecular weight is 457 g/mol. The molecule has 2 N–H and O–H groups in total. The third-order valence-electron chi connectivity index (χ3n) is 5.95. The maximum absolute atomic E-state index is 12.0. The van der Waals surface area contributed by atoms with Gasteiger partial charge in [-0.3, -0.25) is 14.4 Å². The summed E-state index contributed by atoms with van der Waals surface area (Å²) in [6.07, 6.45) is 3.30. The maximum atomic E-state index is 12.0. The first-order valence-electron chi connectivity index (χ1n) is 10.2. The number of aromatic nitrogens is 5. The molecule has 32 heavy (non-hydrogen) atoms. The second-order valence-electron chi connectivity index (χ2n) is 8.21. The van der Waals surface area contributed by atoms with Crippen molar-refractivity contribution in [2.75, 3.05) is 20.1 Å². The minimum Gasteiger partial charge on any atom is -0.475 e. The summed E-state index contributed by atoms with van der Waals surface area (Å²) in [5, 5.41) is 22.4. The summed E-state index contributed by atoms with van der Waals surface area (Å²) in [6, 6.07) is 0. The van der Waals surface area contributed by atoms with Crippen LogP contribution in [0.1, 0.15) is 41.3 Å². The van der Waals surface area contributed by atoms with E-state index in [9.17, 15) is 18.0 Å². The molecule has 2 aromatic heterocycles. The van der Waals surface area contributed by atoms with Crippen LogP contribution < -0.4 is 5.32 Å².